The number of aromatic nitrogens is 3. The number of carbonyl (C=O) groups is 1. The maximum atomic E-state index is 11.3. The molecule has 9 heteroatoms. The van der Waals surface area contributed by atoms with Crippen molar-refractivity contribution in [1.82, 2.24) is 14.8 Å². The molecule has 1 unspecified atom stereocenters. The molecule has 0 fully saturated rings. The summed E-state index contributed by atoms with van der Waals surface area (Å²) in [7, 11) is 0.410. The van der Waals surface area contributed by atoms with Gasteiger partial charge in [-0.3, -0.25) is 0 Å². The molecule has 0 saturated heterocycles. The smallest absolute Gasteiger partial charge is 0.337 e. The molecule has 0 aliphatic heterocycles. The summed E-state index contributed by atoms with van der Waals surface area (Å²) in [6.45, 7) is 7.88. The molecule has 2 heterocycles. The molecule has 0 spiro atoms. The predicted molar refractivity (Wildman–Crippen MR) is 142 cm³/mol. The molecule has 8 nitrogen and oxygen atoms in total. The Morgan fingerprint density at radius 1 is 1.08 bits per heavy atom. The zero-order valence-electron chi connectivity index (χ0n) is 20.9. The fraction of sp³-hybridized carbons (Fsp3) is 0.296. The van der Waals surface area contributed by atoms with Gasteiger partial charge in [-0.15, -0.1) is 0 Å². The number of carboxylic acid groups (broad SMARTS) is 1. The molecule has 0 bridgehead atoms. The number of pyridine rings is 1. The van der Waals surface area contributed by atoms with Crippen LogP contribution in [0.5, 0.6) is 5.75 Å². The van der Waals surface area contributed by atoms with E-state index in [4.69, 9.17) is 19.6 Å². The predicted octanol–water partition coefficient (Wildman–Crippen LogP) is 5.20. The highest BCUT2D eigenvalue weighted by atomic mass is 28.3. The molecule has 36 heavy (non-hydrogen) atoms. The van der Waals surface area contributed by atoms with Crippen molar-refractivity contribution < 1.29 is 24.5 Å². The van der Waals surface area contributed by atoms with Gasteiger partial charge in [0.05, 0.1) is 7.11 Å². The summed E-state index contributed by atoms with van der Waals surface area (Å²) in [4.78, 5) is 16.0. The number of hydrogen-bond donors (Lipinski definition) is 2. The number of nitrogens with zero attached hydrogens (tertiary/aromatic N) is 3. The number of rotatable bonds is 10. The van der Waals surface area contributed by atoms with Gasteiger partial charge in [0, 0.05) is 37.4 Å². The van der Waals surface area contributed by atoms with Gasteiger partial charge in [0.1, 0.15) is 18.2 Å². The number of benzene rings is 2. The maximum Gasteiger partial charge on any atom is 0.337 e. The number of hydrogen-bond acceptors (Lipinski definition) is 6. The van der Waals surface area contributed by atoms with E-state index in [0.717, 1.165) is 28.1 Å². The number of carboxylic acids is 1. The van der Waals surface area contributed by atoms with Crippen molar-refractivity contribution >= 4 is 25.1 Å². The van der Waals surface area contributed by atoms with E-state index in [-0.39, 0.29) is 6.73 Å². The van der Waals surface area contributed by atoms with Crippen LogP contribution in [0.2, 0.25) is 25.7 Å². The Morgan fingerprint density at radius 3 is 2.58 bits per heavy atom. The van der Waals surface area contributed by atoms with Gasteiger partial charge < -0.3 is 19.7 Å². The minimum Gasteiger partial charge on any atom is -0.496 e. The van der Waals surface area contributed by atoms with Gasteiger partial charge in [-0.1, -0.05) is 50.0 Å². The number of aliphatic hydroxyl groups excluding tert-OH is 1. The third-order valence-electron chi connectivity index (χ3n) is 5.93. The topological polar surface area (TPSA) is 107 Å². The van der Waals surface area contributed by atoms with Crippen molar-refractivity contribution in [3.8, 4) is 28.1 Å². The van der Waals surface area contributed by atoms with E-state index >= 15 is 0 Å². The Balaban J connectivity index is 1.78. The van der Waals surface area contributed by atoms with Crippen molar-refractivity contribution in [3.05, 3.63) is 66.4 Å². The molecule has 0 saturated carbocycles. The lowest BCUT2D eigenvalue weighted by molar-refractivity contribution is -0.146. The summed E-state index contributed by atoms with van der Waals surface area (Å²) in [6.07, 6.45) is 0.128. The monoisotopic (exact) mass is 505 g/mol. The standard InChI is InChI=1S/C27H31N3O5Si/c1-34-23-11-6-5-10-21(23)24-22-15-20(18-8-7-9-19(14-18)25(31)27(32)33)16-28-26(22)30(29-24)17-35-12-13-36(2,3)4/h5-11,14-16,25,31H,12-13,17H2,1-4H3,(H,32,33). The van der Waals surface area contributed by atoms with Crippen molar-refractivity contribution in [2.24, 2.45) is 0 Å². The molecule has 188 valence electrons. The van der Waals surface area contributed by atoms with E-state index in [1.807, 2.05) is 36.4 Å². The van der Waals surface area contributed by atoms with Gasteiger partial charge in [-0.25, -0.2) is 14.5 Å². The zero-order valence-corrected chi connectivity index (χ0v) is 21.9. The van der Waals surface area contributed by atoms with Gasteiger partial charge in [0.25, 0.3) is 0 Å². The highest BCUT2D eigenvalue weighted by molar-refractivity contribution is 6.76. The number of aliphatic hydroxyl groups is 1. The van der Waals surface area contributed by atoms with Crippen LogP contribution in [0.4, 0.5) is 0 Å². The van der Waals surface area contributed by atoms with Crippen LogP contribution < -0.4 is 4.74 Å². The van der Waals surface area contributed by atoms with Crippen molar-refractivity contribution in [2.75, 3.05) is 13.7 Å². The maximum absolute atomic E-state index is 11.3. The van der Waals surface area contributed by atoms with Crippen LogP contribution in [0.3, 0.4) is 0 Å². The van der Waals surface area contributed by atoms with E-state index < -0.39 is 20.1 Å². The lowest BCUT2D eigenvalue weighted by atomic mass is 10.00. The van der Waals surface area contributed by atoms with Gasteiger partial charge in [-0.2, -0.15) is 5.10 Å². The molecule has 2 aromatic heterocycles. The number of ether oxygens (including phenoxy) is 2. The first-order valence-corrected chi connectivity index (χ1v) is 15.5. The van der Waals surface area contributed by atoms with Crippen LogP contribution in [0.1, 0.15) is 11.7 Å². The largest absolute Gasteiger partial charge is 0.496 e. The third kappa shape index (κ3) is 5.64. The molecule has 4 rings (SSSR count). The summed E-state index contributed by atoms with van der Waals surface area (Å²) >= 11 is 0. The Bertz CT molecular complexity index is 1380. The second-order valence-corrected chi connectivity index (χ2v) is 15.5. The molecule has 2 N–H and O–H groups in total. The minimum atomic E-state index is -1.60. The van der Waals surface area contributed by atoms with Gasteiger partial charge in [0.2, 0.25) is 0 Å². The number of para-hydroxylation sites is 1. The van der Waals surface area contributed by atoms with E-state index in [1.54, 1.807) is 36.2 Å². The van der Waals surface area contributed by atoms with E-state index in [0.29, 0.717) is 29.3 Å². The van der Waals surface area contributed by atoms with E-state index in [2.05, 4.69) is 19.6 Å². The van der Waals surface area contributed by atoms with Gasteiger partial charge in [-0.05, 0) is 41.4 Å². The number of methoxy groups -OCH3 is 1. The van der Waals surface area contributed by atoms with Crippen molar-refractivity contribution in [3.63, 3.8) is 0 Å². The Kier molecular flexibility index (Phi) is 7.53. The molecule has 0 aliphatic rings. The van der Waals surface area contributed by atoms with E-state index in [1.165, 1.54) is 0 Å². The fourth-order valence-electron chi connectivity index (χ4n) is 3.91. The highest BCUT2D eigenvalue weighted by Gasteiger charge is 2.20. The fourth-order valence-corrected chi connectivity index (χ4v) is 4.66. The summed E-state index contributed by atoms with van der Waals surface area (Å²) in [6, 6.07) is 17.5. The Morgan fingerprint density at radius 2 is 1.86 bits per heavy atom. The number of aliphatic carboxylic acids is 1. The summed E-state index contributed by atoms with van der Waals surface area (Å²) < 4.78 is 13.3. The van der Waals surface area contributed by atoms with Crippen molar-refractivity contribution in [2.45, 2.75) is 38.5 Å². The molecule has 2 aromatic carbocycles. The Labute approximate surface area is 211 Å². The Hall–Kier alpha value is -3.53. The van der Waals surface area contributed by atoms with Gasteiger partial charge >= 0.3 is 5.97 Å². The lowest BCUT2D eigenvalue weighted by Gasteiger charge is -2.15. The van der Waals surface area contributed by atoms with Crippen LogP contribution in [0.15, 0.2) is 60.8 Å². The zero-order chi connectivity index (χ0) is 25.9. The van der Waals surface area contributed by atoms with Gasteiger partial charge in [0.15, 0.2) is 11.8 Å². The molecule has 0 radical (unpaired) electrons. The third-order valence-corrected chi connectivity index (χ3v) is 7.63. The molecule has 4 aromatic rings. The summed E-state index contributed by atoms with van der Waals surface area (Å²) in [5, 5.41) is 24.8. The van der Waals surface area contributed by atoms with Crippen LogP contribution in [-0.2, 0) is 16.3 Å². The molecule has 0 aliphatic carbocycles. The molecular weight excluding hydrogens is 474 g/mol. The summed E-state index contributed by atoms with van der Waals surface area (Å²) in [5.74, 6) is -0.602. The molecule has 1 atom stereocenters. The molecule has 0 amide bonds. The number of fused-ring (bicyclic) bond motifs is 1. The van der Waals surface area contributed by atoms with E-state index in [9.17, 15) is 15.0 Å². The SMILES string of the molecule is COc1ccccc1-c1nn(COCC[Si](C)(C)C)c2ncc(-c3cccc(C(O)C(=O)O)c3)cc12. The first-order chi connectivity index (χ1) is 17.2. The first kappa shape index (κ1) is 25.6. The average molecular weight is 506 g/mol. The summed E-state index contributed by atoms with van der Waals surface area (Å²) in [5.41, 5.74) is 4.04. The lowest BCUT2D eigenvalue weighted by Crippen LogP contribution is -2.22. The van der Waals surface area contributed by atoms with Crippen LogP contribution in [-0.4, -0.2) is 52.7 Å². The van der Waals surface area contributed by atoms with Crippen LogP contribution >= 0.6 is 0 Å². The highest BCUT2D eigenvalue weighted by Crippen LogP contribution is 2.35. The van der Waals surface area contributed by atoms with Crippen molar-refractivity contribution in [1.29, 1.82) is 0 Å². The quantitative estimate of drug-likeness (QED) is 0.225. The minimum absolute atomic E-state index is 0.281. The molecular formula is C27H31N3O5Si. The normalized spacial score (nSPS) is 12.6. The van der Waals surface area contributed by atoms with Crippen LogP contribution in [0.25, 0.3) is 33.4 Å². The second kappa shape index (κ2) is 10.6. The first-order valence-electron chi connectivity index (χ1n) is 11.8. The van der Waals surface area contributed by atoms with Crippen LogP contribution in [0, 0.1) is 0 Å². The average Bonchev–Trinajstić information content (AvgIpc) is 3.23. The second-order valence-electron chi connectivity index (χ2n) is 9.86.